The van der Waals surface area contributed by atoms with Crippen LogP contribution in [0, 0.1) is 0 Å². The summed E-state index contributed by atoms with van der Waals surface area (Å²) in [6.07, 6.45) is 0. The smallest absolute Gasteiger partial charge is 0.264 e. The molecule has 0 heterocycles. The normalized spacial score (nSPS) is 12.2. The van der Waals surface area contributed by atoms with Gasteiger partial charge in [0.1, 0.15) is 4.91 Å². The molecule has 28 heavy (non-hydrogen) atoms. The zero-order valence-electron chi connectivity index (χ0n) is 16.2. The van der Waals surface area contributed by atoms with Crippen LogP contribution >= 0.6 is 17.1 Å². The van der Waals surface area contributed by atoms with E-state index < -0.39 is 5.69 Å². The van der Waals surface area contributed by atoms with Gasteiger partial charge in [-0.05, 0) is 68.2 Å². The van der Waals surface area contributed by atoms with E-state index in [9.17, 15) is 4.79 Å². The molecule has 0 aliphatic heterocycles. The predicted octanol–water partition coefficient (Wildman–Crippen LogP) is 6.00. The molecule has 2 N–H and O–H groups in total. The molecule has 2 aromatic rings. The summed E-state index contributed by atoms with van der Waals surface area (Å²) in [4.78, 5) is 13.5. The number of carbonyl (C=O) groups is 1. The molecule has 0 aliphatic carbocycles. The van der Waals surface area contributed by atoms with Crippen molar-refractivity contribution in [3.8, 4) is 0 Å². The van der Waals surface area contributed by atoms with Crippen LogP contribution in [0.15, 0.2) is 71.3 Å². The van der Waals surface area contributed by atoms with Crippen molar-refractivity contribution in [3.05, 3.63) is 71.3 Å². The lowest BCUT2D eigenvalue weighted by atomic mass is 10.3. The lowest BCUT2D eigenvalue weighted by molar-refractivity contribution is -0.112. The van der Waals surface area contributed by atoms with E-state index >= 15 is 0 Å². The van der Waals surface area contributed by atoms with Crippen molar-refractivity contribution in [2.75, 3.05) is 23.8 Å². The second-order valence-corrected chi connectivity index (χ2v) is 11.8. The van der Waals surface area contributed by atoms with Crippen molar-refractivity contribution < 1.29 is 13.8 Å². The first-order valence-electron chi connectivity index (χ1n) is 8.95. The third kappa shape index (κ3) is 7.08. The second kappa shape index (κ2) is 11.4. The Morgan fingerprint density at radius 3 is 1.86 bits per heavy atom. The van der Waals surface area contributed by atoms with Crippen LogP contribution < -0.4 is 10.6 Å². The molecule has 2 aromatic carbocycles. The van der Waals surface area contributed by atoms with E-state index in [-0.39, 0.29) is 5.91 Å². The Kier molecular flexibility index (Phi) is 9.22. The monoisotopic (exact) mass is 436 g/mol. The summed E-state index contributed by atoms with van der Waals surface area (Å²) in [7, 11) is 0. The van der Waals surface area contributed by atoms with Crippen LogP contribution in [-0.4, -0.2) is 19.1 Å². The lowest BCUT2D eigenvalue weighted by Gasteiger charge is -2.22. The first-order chi connectivity index (χ1) is 13.5. The summed E-state index contributed by atoms with van der Waals surface area (Å²) in [6.45, 7) is 6.41. The van der Waals surface area contributed by atoms with Gasteiger partial charge in [0.25, 0.3) is 11.6 Å². The fraction of sp³-hybridized carbons (Fsp3) is 0.250. The van der Waals surface area contributed by atoms with Crippen LogP contribution in [0.1, 0.15) is 20.8 Å². The van der Waals surface area contributed by atoms with E-state index in [0.29, 0.717) is 29.5 Å². The molecule has 5 nitrogen and oxygen atoms in total. The lowest BCUT2D eigenvalue weighted by Crippen LogP contribution is -2.16. The van der Waals surface area contributed by atoms with Gasteiger partial charge in [-0.3, -0.25) is 4.79 Å². The quantitative estimate of drug-likeness (QED) is 0.352. The molecule has 0 saturated carbocycles. The Balaban J connectivity index is 2.34. The van der Waals surface area contributed by atoms with Gasteiger partial charge in [-0.1, -0.05) is 36.4 Å². The van der Waals surface area contributed by atoms with Gasteiger partial charge in [-0.15, -0.1) is 0 Å². The van der Waals surface area contributed by atoms with Crippen molar-refractivity contribution >= 4 is 46.2 Å². The highest BCUT2D eigenvalue weighted by Gasteiger charge is 2.27. The van der Waals surface area contributed by atoms with Crippen LogP contribution in [0.5, 0.6) is 0 Å². The van der Waals surface area contributed by atoms with Gasteiger partial charge in [-0.25, -0.2) is 0 Å². The van der Waals surface area contributed by atoms with Crippen molar-refractivity contribution in [2.45, 2.75) is 20.8 Å². The number of anilines is 2. The van der Waals surface area contributed by atoms with E-state index in [1.54, 1.807) is 0 Å². The summed E-state index contributed by atoms with van der Waals surface area (Å²) >= 11 is 6.81. The number of amides is 1. The molecule has 0 aliphatic rings. The summed E-state index contributed by atoms with van der Waals surface area (Å²) in [5, 5.41) is 6.19. The molecule has 0 radical (unpaired) electrons. The summed E-state index contributed by atoms with van der Waals surface area (Å²) < 4.78 is 11.5. The summed E-state index contributed by atoms with van der Waals surface area (Å²) in [5.74, 6) is -0.259. The van der Waals surface area contributed by atoms with Gasteiger partial charge in [0.2, 0.25) is 0 Å². The minimum Gasteiger partial charge on any atom is -0.358 e. The molecule has 0 saturated heterocycles. The number of para-hydroxylation sites is 2. The second-order valence-electron chi connectivity index (χ2n) is 5.64. The van der Waals surface area contributed by atoms with E-state index in [1.165, 1.54) is 11.4 Å². The van der Waals surface area contributed by atoms with Gasteiger partial charge in [-0.2, -0.15) is 0 Å². The van der Waals surface area contributed by atoms with Gasteiger partial charge >= 0.3 is 0 Å². The first kappa shape index (κ1) is 22.7. The van der Waals surface area contributed by atoms with E-state index in [2.05, 4.69) is 10.6 Å². The third-order valence-corrected chi connectivity index (χ3v) is 8.66. The van der Waals surface area contributed by atoms with E-state index in [4.69, 9.17) is 20.9 Å². The zero-order chi connectivity index (χ0) is 20.4. The van der Waals surface area contributed by atoms with E-state index in [0.717, 1.165) is 5.69 Å². The Hall–Kier alpha value is -1.63. The standard InChI is InChI=1S/C20H25N2O3PS2/c1-4-24-26(27,25-5-2)28-19(16(3)21-17-12-8-6-9-13-17)20(23)22-18-14-10-7-11-15-18/h6-15,21H,4-5H2,1-3H3,(H,22,23). The average molecular weight is 437 g/mol. The van der Waals surface area contributed by atoms with Crippen molar-refractivity contribution in [3.63, 3.8) is 0 Å². The number of nitrogens with one attached hydrogen (secondary N) is 2. The summed E-state index contributed by atoms with van der Waals surface area (Å²) in [6, 6.07) is 19.0. The van der Waals surface area contributed by atoms with Crippen molar-refractivity contribution in [2.24, 2.45) is 0 Å². The van der Waals surface area contributed by atoms with Crippen LogP contribution in [0.4, 0.5) is 11.4 Å². The fourth-order valence-corrected chi connectivity index (χ4v) is 7.24. The molecule has 2 rings (SSSR count). The highest BCUT2D eigenvalue weighted by Crippen LogP contribution is 2.64. The van der Waals surface area contributed by atoms with Crippen molar-refractivity contribution in [1.29, 1.82) is 0 Å². The molecule has 1 amide bonds. The van der Waals surface area contributed by atoms with Gasteiger partial charge in [0.15, 0.2) is 0 Å². The SMILES string of the molecule is CCOP(=S)(OCC)SC(C(=O)Nc1ccccc1)=C(C)Nc1ccccc1. The topological polar surface area (TPSA) is 59.6 Å². The number of rotatable bonds is 10. The molecular weight excluding hydrogens is 411 g/mol. The van der Waals surface area contributed by atoms with Crippen LogP contribution in [0.25, 0.3) is 0 Å². The molecular formula is C20H25N2O3PS2. The molecule has 0 fully saturated rings. The van der Waals surface area contributed by atoms with Crippen LogP contribution in [0.2, 0.25) is 0 Å². The Morgan fingerprint density at radius 2 is 1.39 bits per heavy atom. The molecule has 0 spiro atoms. The predicted molar refractivity (Wildman–Crippen MR) is 123 cm³/mol. The highest BCUT2D eigenvalue weighted by molar-refractivity contribution is 8.69. The van der Waals surface area contributed by atoms with Gasteiger partial charge in [0, 0.05) is 17.1 Å². The average Bonchev–Trinajstić information content (AvgIpc) is 2.68. The fourth-order valence-electron chi connectivity index (χ4n) is 2.30. The first-order valence-corrected chi connectivity index (χ1v) is 13.0. The minimum absolute atomic E-state index is 0.259. The van der Waals surface area contributed by atoms with Gasteiger partial charge < -0.3 is 19.7 Å². The number of benzene rings is 2. The Labute approximate surface area is 175 Å². The van der Waals surface area contributed by atoms with Crippen molar-refractivity contribution in [1.82, 2.24) is 0 Å². The molecule has 0 aromatic heterocycles. The number of hydrogen-bond donors (Lipinski definition) is 2. The summed E-state index contributed by atoms with van der Waals surface area (Å²) in [5.41, 5.74) is -0.434. The van der Waals surface area contributed by atoms with Crippen LogP contribution in [-0.2, 0) is 25.6 Å². The Bertz CT molecular complexity index is 835. The Morgan fingerprint density at radius 1 is 0.929 bits per heavy atom. The molecule has 8 heteroatoms. The highest BCUT2D eigenvalue weighted by atomic mass is 32.9. The molecule has 150 valence electrons. The maximum Gasteiger partial charge on any atom is 0.264 e. The maximum absolute atomic E-state index is 13.1. The largest absolute Gasteiger partial charge is 0.358 e. The number of hydrogen-bond acceptors (Lipinski definition) is 6. The van der Waals surface area contributed by atoms with E-state index in [1.807, 2.05) is 81.4 Å². The molecule has 0 atom stereocenters. The third-order valence-electron chi connectivity index (χ3n) is 3.46. The van der Waals surface area contributed by atoms with Crippen LogP contribution in [0.3, 0.4) is 0 Å². The zero-order valence-corrected chi connectivity index (χ0v) is 18.7. The van der Waals surface area contributed by atoms with Gasteiger partial charge in [0.05, 0.1) is 13.2 Å². The maximum atomic E-state index is 13.1. The molecule has 0 bridgehead atoms. The number of allylic oxidation sites excluding steroid dienone is 1. The number of carbonyl (C=O) groups excluding carboxylic acids is 1. The minimum atomic E-state index is -2.70. The molecule has 0 unspecified atom stereocenters.